The standard InChI is InChI=1S/C34H38FN5O5/c1-22-8-6-9-23(2)32(22)45-34(41)40(28-19-26(42-4)12-14-30(28)43-5)31-15-16-36-33(38-31)37-25-11-13-29(27(35)18-25)44-21-24-10-7-17-39(3)20-24/h6,8-9,11-16,18-19,24H,7,10,17,20-21H2,1-5H3,(H,36,37,38). The number of hydrogen-bond donors (Lipinski definition) is 1. The fraction of sp³-hybridized carbons (Fsp3) is 0.324. The van der Waals surface area contributed by atoms with Gasteiger partial charge in [-0.3, -0.25) is 0 Å². The van der Waals surface area contributed by atoms with Gasteiger partial charge < -0.3 is 29.2 Å². The molecule has 1 aromatic heterocycles. The topological polar surface area (TPSA) is 98.3 Å². The summed E-state index contributed by atoms with van der Waals surface area (Å²) < 4.78 is 37.8. The van der Waals surface area contributed by atoms with E-state index in [4.69, 9.17) is 18.9 Å². The third-order valence-electron chi connectivity index (χ3n) is 7.66. The Labute approximate surface area is 262 Å². The number of carbonyl (C=O) groups is 1. The number of rotatable bonds is 10. The van der Waals surface area contributed by atoms with Gasteiger partial charge in [-0.05, 0) is 75.7 Å². The number of hydrogen-bond acceptors (Lipinski definition) is 9. The number of aromatic nitrogens is 2. The largest absolute Gasteiger partial charge is 0.497 e. The van der Waals surface area contributed by atoms with E-state index in [0.717, 1.165) is 37.1 Å². The minimum atomic E-state index is -0.722. The lowest BCUT2D eigenvalue weighted by molar-refractivity contribution is 0.147. The highest BCUT2D eigenvalue weighted by Gasteiger charge is 2.27. The van der Waals surface area contributed by atoms with Gasteiger partial charge in [-0.25, -0.2) is 19.1 Å². The van der Waals surface area contributed by atoms with Crippen molar-refractivity contribution >= 4 is 29.2 Å². The van der Waals surface area contributed by atoms with Crippen LogP contribution in [0, 0.1) is 25.6 Å². The molecule has 45 heavy (non-hydrogen) atoms. The molecule has 0 spiro atoms. The van der Waals surface area contributed by atoms with Crippen LogP contribution in [0.4, 0.5) is 32.3 Å². The van der Waals surface area contributed by atoms with Crippen LogP contribution >= 0.6 is 0 Å². The number of carbonyl (C=O) groups excluding carboxylic acids is 1. The van der Waals surface area contributed by atoms with Crippen molar-refractivity contribution in [3.8, 4) is 23.0 Å². The summed E-state index contributed by atoms with van der Waals surface area (Å²) in [6.07, 6.45) is 2.95. The van der Waals surface area contributed by atoms with Gasteiger partial charge in [0.25, 0.3) is 0 Å². The zero-order valence-corrected chi connectivity index (χ0v) is 26.2. The molecule has 0 aliphatic carbocycles. The third-order valence-corrected chi connectivity index (χ3v) is 7.66. The number of aryl methyl sites for hydroxylation is 2. The summed E-state index contributed by atoms with van der Waals surface area (Å²) >= 11 is 0. The molecular weight excluding hydrogens is 577 g/mol. The fourth-order valence-corrected chi connectivity index (χ4v) is 5.36. The van der Waals surface area contributed by atoms with E-state index in [1.165, 1.54) is 31.4 Å². The van der Waals surface area contributed by atoms with Crippen molar-refractivity contribution in [2.75, 3.05) is 51.2 Å². The number of methoxy groups -OCH3 is 2. The van der Waals surface area contributed by atoms with Crippen LogP contribution in [-0.4, -0.2) is 61.9 Å². The molecule has 0 bridgehead atoms. The second-order valence-corrected chi connectivity index (χ2v) is 11.1. The molecule has 3 aromatic carbocycles. The van der Waals surface area contributed by atoms with E-state index < -0.39 is 11.9 Å². The second-order valence-electron chi connectivity index (χ2n) is 11.1. The highest BCUT2D eigenvalue weighted by molar-refractivity contribution is 5.98. The average molecular weight is 616 g/mol. The first-order chi connectivity index (χ1) is 21.7. The summed E-state index contributed by atoms with van der Waals surface area (Å²) in [4.78, 5) is 26.3. The maximum atomic E-state index is 15.0. The number of amides is 1. The number of likely N-dealkylation sites (tertiary alicyclic amines) is 1. The number of benzene rings is 3. The lowest BCUT2D eigenvalue weighted by atomic mass is 10.00. The lowest BCUT2D eigenvalue weighted by Gasteiger charge is -2.29. The summed E-state index contributed by atoms with van der Waals surface area (Å²) in [5.74, 6) is 1.70. The van der Waals surface area contributed by atoms with Crippen molar-refractivity contribution in [2.45, 2.75) is 26.7 Å². The smallest absolute Gasteiger partial charge is 0.425 e. The molecule has 10 nitrogen and oxygen atoms in total. The second kappa shape index (κ2) is 14.3. The number of nitrogens with one attached hydrogen (secondary N) is 1. The van der Waals surface area contributed by atoms with E-state index in [1.807, 2.05) is 32.0 Å². The number of halogens is 1. The van der Waals surface area contributed by atoms with Crippen molar-refractivity contribution in [1.29, 1.82) is 0 Å². The predicted octanol–water partition coefficient (Wildman–Crippen LogP) is 7.05. The van der Waals surface area contributed by atoms with Crippen LogP contribution in [0.2, 0.25) is 0 Å². The van der Waals surface area contributed by atoms with Gasteiger partial charge in [0.15, 0.2) is 11.6 Å². The van der Waals surface area contributed by atoms with Crippen molar-refractivity contribution < 1.29 is 28.1 Å². The van der Waals surface area contributed by atoms with E-state index in [-0.39, 0.29) is 17.5 Å². The Morgan fingerprint density at radius 1 is 1.04 bits per heavy atom. The molecule has 5 rings (SSSR count). The van der Waals surface area contributed by atoms with Crippen molar-refractivity contribution in [3.05, 3.63) is 83.8 Å². The number of piperidine rings is 1. The Hall–Kier alpha value is -4.90. The maximum Gasteiger partial charge on any atom is 0.425 e. The van der Waals surface area contributed by atoms with Gasteiger partial charge in [-0.15, -0.1) is 0 Å². The number of nitrogens with zero attached hydrogens (tertiary/aromatic N) is 4. The predicted molar refractivity (Wildman–Crippen MR) is 171 cm³/mol. The van der Waals surface area contributed by atoms with Crippen LogP contribution in [0.1, 0.15) is 24.0 Å². The SMILES string of the molecule is COc1ccc(OC)c(N(C(=O)Oc2c(C)cccc2C)c2ccnc(Nc3ccc(OCC4CCCN(C)C4)c(F)c3)n2)c1. The van der Waals surface area contributed by atoms with Crippen LogP contribution in [0.25, 0.3) is 0 Å². The van der Waals surface area contributed by atoms with Crippen LogP contribution in [0.15, 0.2) is 66.9 Å². The molecular formula is C34H38FN5O5. The molecule has 1 saturated heterocycles. The Bertz CT molecular complexity index is 1630. The minimum absolute atomic E-state index is 0.137. The van der Waals surface area contributed by atoms with E-state index in [2.05, 4.69) is 27.2 Å². The normalized spacial score (nSPS) is 14.8. The molecule has 0 saturated carbocycles. The lowest BCUT2D eigenvalue weighted by Crippen LogP contribution is -2.34. The minimum Gasteiger partial charge on any atom is -0.497 e. The molecule has 11 heteroatoms. The molecule has 1 amide bonds. The number of anilines is 4. The quantitative estimate of drug-likeness (QED) is 0.201. The molecule has 236 valence electrons. The third kappa shape index (κ3) is 7.61. The fourth-order valence-electron chi connectivity index (χ4n) is 5.36. The van der Waals surface area contributed by atoms with Gasteiger partial charge >= 0.3 is 6.09 Å². The molecule has 1 fully saturated rings. The van der Waals surface area contributed by atoms with Gasteiger partial charge in [-0.2, -0.15) is 4.98 Å². The van der Waals surface area contributed by atoms with Crippen LogP contribution in [0.5, 0.6) is 23.0 Å². The molecule has 1 unspecified atom stereocenters. The molecule has 1 N–H and O–H groups in total. The van der Waals surface area contributed by atoms with E-state index in [9.17, 15) is 4.79 Å². The van der Waals surface area contributed by atoms with Crippen molar-refractivity contribution in [1.82, 2.24) is 14.9 Å². The number of para-hydroxylation sites is 1. The van der Waals surface area contributed by atoms with Gasteiger partial charge in [0.1, 0.15) is 23.1 Å². The summed E-state index contributed by atoms with van der Waals surface area (Å²) in [5.41, 5.74) is 2.35. The van der Waals surface area contributed by atoms with Crippen LogP contribution in [0.3, 0.4) is 0 Å². The Morgan fingerprint density at radius 2 is 1.82 bits per heavy atom. The Morgan fingerprint density at radius 3 is 2.53 bits per heavy atom. The molecule has 1 aliphatic rings. The van der Waals surface area contributed by atoms with Crippen molar-refractivity contribution in [2.24, 2.45) is 5.92 Å². The van der Waals surface area contributed by atoms with E-state index >= 15 is 4.39 Å². The summed E-state index contributed by atoms with van der Waals surface area (Å²) in [6, 6.07) is 16.9. The molecule has 1 aliphatic heterocycles. The monoisotopic (exact) mass is 615 g/mol. The van der Waals surface area contributed by atoms with Crippen LogP contribution in [-0.2, 0) is 0 Å². The Balaban J connectivity index is 1.41. The summed E-state index contributed by atoms with van der Waals surface area (Å²) in [7, 11) is 5.12. The van der Waals surface area contributed by atoms with Gasteiger partial charge in [-0.1, -0.05) is 18.2 Å². The van der Waals surface area contributed by atoms with Crippen LogP contribution < -0.4 is 29.2 Å². The van der Waals surface area contributed by atoms with E-state index in [0.29, 0.717) is 41.1 Å². The summed E-state index contributed by atoms with van der Waals surface area (Å²) in [5, 5.41) is 3.03. The highest BCUT2D eigenvalue weighted by atomic mass is 19.1. The average Bonchev–Trinajstić information content (AvgIpc) is 3.03. The van der Waals surface area contributed by atoms with Gasteiger partial charge in [0, 0.05) is 42.5 Å². The molecule has 4 aromatic rings. The van der Waals surface area contributed by atoms with Crippen molar-refractivity contribution in [3.63, 3.8) is 0 Å². The molecule has 1 atom stereocenters. The first-order valence-electron chi connectivity index (χ1n) is 14.8. The zero-order chi connectivity index (χ0) is 31.9. The van der Waals surface area contributed by atoms with Gasteiger partial charge in [0.05, 0.1) is 26.5 Å². The first-order valence-corrected chi connectivity index (χ1v) is 14.8. The first kappa shape index (κ1) is 31.5. The maximum absolute atomic E-state index is 15.0. The molecule has 0 radical (unpaired) electrons. The van der Waals surface area contributed by atoms with Gasteiger partial charge in [0.2, 0.25) is 5.95 Å². The zero-order valence-electron chi connectivity index (χ0n) is 26.2. The van der Waals surface area contributed by atoms with E-state index in [1.54, 1.807) is 36.4 Å². The molecule has 2 heterocycles. The number of ether oxygens (including phenoxy) is 4. The summed E-state index contributed by atoms with van der Waals surface area (Å²) in [6.45, 7) is 6.20. The Kier molecular flexibility index (Phi) is 9.99. The highest BCUT2D eigenvalue weighted by Crippen LogP contribution is 2.38.